The first-order valence-electron chi connectivity index (χ1n) is 18.1. The fraction of sp³-hybridized carbons (Fsp3) is 0.0200. The van der Waals surface area contributed by atoms with Gasteiger partial charge >= 0.3 is 0 Å². The molecular weight excluding hydrogens is 643 g/mol. The van der Waals surface area contributed by atoms with Crippen molar-refractivity contribution in [1.82, 2.24) is 15.0 Å². The maximum atomic E-state index is 5.32. The van der Waals surface area contributed by atoms with Crippen molar-refractivity contribution in [2.75, 3.05) is 0 Å². The molecule has 0 amide bonds. The van der Waals surface area contributed by atoms with Crippen LogP contribution in [0.4, 0.5) is 0 Å². The van der Waals surface area contributed by atoms with E-state index < -0.39 is 5.41 Å². The van der Waals surface area contributed by atoms with Crippen molar-refractivity contribution in [2.24, 2.45) is 0 Å². The van der Waals surface area contributed by atoms with Gasteiger partial charge in [0.1, 0.15) is 0 Å². The van der Waals surface area contributed by atoms with Gasteiger partial charge in [-0.05, 0) is 72.5 Å². The molecule has 0 aliphatic heterocycles. The van der Waals surface area contributed by atoms with E-state index in [0.717, 1.165) is 27.8 Å². The molecule has 2 aliphatic carbocycles. The molecule has 0 radical (unpaired) electrons. The van der Waals surface area contributed by atoms with Crippen molar-refractivity contribution in [1.29, 1.82) is 0 Å². The molecule has 53 heavy (non-hydrogen) atoms. The first kappa shape index (κ1) is 29.7. The summed E-state index contributed by atoms with van der Waals surface area (Å²) in [5, 5.41) is 2.52. The molecule has 0 saturated carbocycles. The van der Waals surface area contributed by atoms with Crippen LogP contribution in [0.15, 0.2) is 188 Å². The summed E-state index contributed by atoms with van der Waals surface area (Å²) >= 11 is 0. The van der Waals surface area contributed by atoms with Gasteiger partial charge in [0.2, 0.25) is 0 Å². The van der Waals surface area contributed by atoms with E-state index in [-0.39, 0.29) is 0 Å². The van der Waals surface area contributed by atoms with Crippen LogP contribution in [0.2, 0.25) is 0 Å². The van der Waals surface area contributed by atoms with Crippen molar-refractivity contribution >= 4 is 10.8 Å². The van der Waals surface area contributed by atoms with Gasteiger partial charge < -0.3 is 0 Å². The zero-order valence-corrected chi connectivity index (χ0v) is 28.7. The SMILES string of the molecule is c1ccc(-c2cccc(-c3nc(-c4ccccc4)nc(-c4cccc5c4-c4ccccc4C54c5ccccc5-c5ccc6ccccc6c54)n3)c2)cc1. The smallest absolute Gasteiger partial charge is 0.164 e. The van der Waals surface area contributed by atoms with E-state index in [1.807, 2.05) is 24.3 Å². The highest BCUT2D eigenvalue weighted by Crippen LogP contribution is 2.65. The average molecular weight is 674 g/mol. The van der Waals surface area contributed by atoms with Crippen molar-refractivity contribution in [3.63, 3.8) is 0 Å². The number of benzene rings is 8. The lowest BCUT2D eigenvalue weighted by atomic mass is 9.69. The zero-order valence-electron chi connectivity index (χ0n) is 28.7. The highest BCUT2D eigenvalue weighted by atomic mass is 15.0. The van der Waals surface area contributed by atoms with E-state index in [1.165, 1.54) is 55.3 Å². The number of hydrogen-bond acceptors (Lipinski definition) is 3. The normalized spacial score (nSPS) is 14.9. The van der Waals surface area contributed by atoms with Gasteiger partial charge in [0.25, 0.3) is 0 Å². The molecule has 1 heterocycles. The predicted molar refractivity (Wildman–Crippen MR) is 215 cm³/mol. The molecule has 8 aromatic carbocycles. The second kappa shape index (κ2) is 11.5. The number of nitrogens with zero attached hydrogens (tertiary/aromatic N) is 3. The van der Waals surface area contributed by atoms with Gasteiger partial charge in [0, 0.05) is 16.7 Å². The standard InChI is InChI=1S/C50H31N3/c1-3-15-32(16-4-1)35-20-13-21-36(31-35)48-51-47(34-18-5-2-6-19-34)52-49(53-48)41-25-14-28-44-45(41)40-24-10-12-27-43(40)50(44)42-26-11-9-23-38(42)39-30-29-33-17-7-8-22-37(33)46(39)50/h1-31H. The van der Waals surface area contributed by atoms with Crippen LogP contribution in [0.5, 0.6) is 0 Å². The molecule has 0 saturated heterocycles. The summed E-state index contributed by atoms with van der Waals surface area (Å²) in [6, 6.07) is 67.2. The number of hydrogen-bond donors (Lipinski definition) is 0. The molecule has 0 N–H and O–H groups in total. The van der Waals surface area contributed by atoms with Gasteiger partial charge in [0.05, 0.1) is 5.41 Å². The molecule has 1 atom stereocenters. The van der Waals surface area contributed by atoms with Gasteiger partial charge in [-0.15, -0.1) is 0 Å². The van der Waals surface area contributed by atoms with E-state index in [4.69, 9.17) is 15.0 Å². The lowest BCUT2D eigenvalue weighted by Gasteiger charge is -2.31. The van der Waals surface area contributed by atoms with Gasteiger partial charge in [-0.25, -0.2) is 15.0 Å². The van der Waals surface area contributed by atoms with Crippen molar-refractivity contribution in [2.45, 2.75) is 5.41 Å². The van der Waals surface area contributed by atoms with Crippen LogP contribution in [-0.4, -0.2) is 15.0 Å². The first-order valence-corrected chi connectivity index (χ1v) is 18.1. The molecule has 0 bridgehead atoms. The molecule has 1 unspecified atom stereocenters. The summed E-state index contributed by atoms with van der Waals surface area (Å²) in [6.45, 7) is 0. The Morgan fingerprint density at radius 2 is 0.868 bits per heavy atom. The Kier molecular flexibility index (Phi) is 6.47. The molecule has 1 spiro atoms. The van der Waals surface area contributed by atoms with Gasteiger partial charge in [0.15, 0.2) is 17.5 Å². The largest absolute Gasteiger partial charge is 0.208 e. The number of fused-ring (bicyclic) bond motifs is 12. The van der Waals surface area contributed by atoms with Crippen LogP contribution in [0.1, 0.15) is 22.3 Å². The summed E-state index contributed by atoms with van der Waals surface area (Å²) in [6.07, 6.45) is 0. The van der Waals surface area contributed by atoms with Crippen molar-refractivity contribution in [3.05, 3.63) is 210 Å². The lowest BCUT2D eigenvalue weighted by molar-refractivity contribution is 0.801. The summed E-state index contributed by atoms with van der Waals surface area (Å²) in [7, 11) is 0. The predicted octanol–water partition coefficient (Wildman–Crippen LogP) is 12.0. The Bertz CT molecular complexity index is 2900. The van der Waals surface area contributed by atoms with Crippen LogP contribution in [0, 0.1) is 0 Å². The molecule has 11 rings (SSSR count). The summed E-state index contributed by atoms with van der Waals surface area (Å²) in [5.74, 6) is 1.96. The highest BCUT2D eigenvalue weighted by molar-refractivity contribution is 6.05. The first-order chi connectivity index (χ1) is 26.3. The van der Waals surface area contributed by atoms with Crippen LogP contribution in [0.3, 0.4) is 0 Å². The van der Waals surface area contributed by atoms with E-state index in [2.05, 4.69) is 164 Å². The van der Waals surface area contributed by atoms with E-state index >= 15 is 0 Å². The number of rotatable bonds is 4. The minimum absolute atomic E-state index is 0.503. The van der Waals surface area contributed by atoms with Gasteiger partial charge in [-0.2, -0.15) is 0 Å². The monoisotopic (exact) mass is 673 g/mol. The van der Waals surface area contributed by atoms with Crippen LogP contribution in [0.25, 0.3) is 78.3 Å². The van der Waals surface area contributed by atoms with Crippen LogP contribution < -0.4 is 0 Å². The summed E-state index contributed by atoms with van der Waals surface area (Å²) in [4.78, 5) is 15.7. The molecule has 1 aromatic heterocycles. The third-order valence-electron chi connectivity index (χ3n) is 11.1. The fourth-order valence-corrected chi connectivity index (χ4v) is 8.96. The topological polar surface area (TPSA) is 38.7 Å². The minimum atomic E-state index is -0.503. The Balaban J connectivity index is 1.20. The Labute approximate surface area is 308 Å². The average Bonchev–Trinajstić information content (AvgIpc) is 3.72. The Morgan fingerprint density at radius 3 is 1.68 bits per heavy atom. The maximum Gasteiger partial charge on any atom is 0.164 e. The fourth-order valence-electron chi connectivity index (χ4n) is 8.96. The summed E-state index contributed by atoms with van der Waals surface area (Å²) in [5.41, 5.74) is 14.8. The second-order valence-corrected chi connectivity index (χ2v) is 13.9. The lowest BCUT2D eigenvalue weighted by Crippen LogP contribution is -2.26. The third-order valence-corrected chi connectivity index (χ3v) is 11.1. The summed E-state index contributed by atoms with van der Waals surface area (Å²) < 4.78 is 0. The molecular formula is C50H31N3. The third kappa shape index (κ3) is 4.31. The molecule has 3 heteroatoms. The van der Waals surface area contributed by atoms with Gasteiger partial charge in [-0.1, -0.05) is 182 Å². The Morgan fingerprint density at radius 1 is 0.321 bits per heavy atom. The van der Waals surface area contributed by atoms with Gasteiger partial charge in [-0.3, -0.25) is 0 Å². The van der Waals surface area contributed by atoms with Crippen LogP contribution in [-0.2, 0) is 5.41 Å². The molecule has 3 nitrogen and oxygen atoms in total. The van der Waals surface area contributed by atoms with Crippen molar-refractivity contribution in [3.8, 4) is 67.5 Å². The van der Waals surface area contributed by atoms with E-state index in [0.29, 0.717) is 17.5 Å². The molecule has 2 aliphatic rings. The molecule has 246 valence electrons. The minimum Gasteiger partial charge on any atom is -0.208 e. The molecule has 9 aromatic rings. The van der Waals surface area contributed by atoms with E-state index in [9.17, 15) is 0 Å². The van der Waals surface area contributed by atoms with Crippen LogP contribution >= 0.6 is 0 Å². The maximum absolute atomic E-state index is 5.32. The zero-order chi connectivity index (χ0) is 34.9. The number of aromatic nitrogens is 3. The Hall–Kier alpha value is -6.97. The van der Waals surface area contributed by atoms with E-state index in [1.54, 1.807) is 0 Å². The quantitative estimate of drug-likeness (QED) is 0.187. The highest BCUT2D eigenvalue weighted by Gasteiger charge is 2.53. The second-order valence-electron chi connectivity index (χ2n) is 13.9. The molecule has 0 fully saturated rings. The van der Waals surface area contributed by atoms with Crippen molar-refractivity contribution < 1.29 is 0 Å².